The van der Waals surface area contributed by atoms with Crippen molar-refractivity contribution in [1.29, 1.82) is 0 Å². The summed E-state index contributed by atoms with van der Waals surface area (Å²) in [6.07, 6.45) is 3.68. The number of halogens is 2. The lowest BCUT2D eigenvalue weighted by molar-refractivity contribution is 0.441. The molecule has 0 amide bonds. The first-order valence-corrected chi connectivity index (χ1v) is 9.28. The van der Waals surface area contributed by atoms with Gasteiger partial charge in [-0.25, -0.2) is 0 Å². The average Bonchev–Trinajstić information content (AvgIpc) is 3.12. The molecule has 1 aliphatic heterocycles. The lowest BCUT2D eigenvalue weighted by Gasteiger charge is -2.06. The molecule has 0 saturated carbocycles. The minimum Gasteiger partial charge on any atom is -0.493 e. The van der Waals surface area contributed by atoms with E-state index in [1.54, 1.807) is 29.0 Å². The molecule has 0 unspecified atom stereocenters. The van der Waals surface area contributed by atoms with Crippen LogP contribution >= 0.6 is 46.8 Å². The van der Waals surface area contributed by atoms with Crippen molar-refractivity contribution in [3.8, 4) is 11.6 Å². The number of fused-ring (bicyclic) bond motifs is 1. The van der Waals surface area contributed by atoms with Crippen LogP contribution in [0.5, 0.6) is 5.88 Å². The number of rotatable bonds is 2. The van der Waals surface area contributed by atoms with Gasteiger partial charge in [0.15, 0.2) is 3.95 Å². The minimum atomic E-state index is 0.0682. The standard InChI is InChI=1S/C18H10Cl2N2OS2/c19-13-6-5-11(8-14(13)20)22-17(23)16(25-18(22)24)7-10-9-21-15-4-2-1-3-12(10)15/h1-9,23H/b10-7+. The van der Waals surface area contributed by atoms with Gasteiger partial charge in [0, 0.05) is 17.4 Å². The van der Waals surface area contributed by atoms with Gasteiger partial charge in [-0.3, -0.25) is 9.56 Å². The van der Waals surface area contributed by atoms with Crippen LogP contribution in [0.1, 0.15) is 10.4 Å². The van der Waals surface area contributed by atoms with E-state index in [9.17, 15) is 5.11 Å². The average molecular weight is 405 g/mol. The molecule has 0 fully saturated rings. The third-order valence-corrected chi connectivity index (χ3v) is 5.87. The Morgan fingerprint density at radius 3 is 2.72 bits per heavy atom. The van der Waals surface area contributed by atoms with Gasteiger partial charge in [-0.05, 0) is 42.6 Å². The van der Waals surface area contributed by atoms with Gasteiger partial charge >= 0.3 is 0 Å². The van der Waals surface area contributed by atoms with Gasteiger partial charge in [0.1, 0.15) is 0 Å². The lowest BCUT2D eigenvalue weighted by atomic mass is 10.1. The Hall–Kier alpha value is -1.92. The number of allylic oxidation sites excluding steroid dienone is 1. The quantitative estimate of drug-likeness (QED) is 0.492. The molecule has 0 spiro atoms. The zero-order chi connectivity index (χ0) is 17.6. The van der Waals surface area contributed by atoms with Crippen molar-refractivity contribution in [3.05, 3.63) is 66.9 Å². The van der Waals surface area contributed by atoms with E-state index in [4.69, 9.17) is 35.4 Å². The molecule has 7 heteroatoms. The molecule has 3 nitrogen and oxygen atoms in total. The second-order valence-corrected chi connectivity index (χ2v) is 7.85. The highest BCUT2D eigenvalue weighted by Gasteiger charge is 2.16. The van der Waals surface area contributed by atoms with Crippen LogP contribution in [0.15, 0.2) is 47.5 Å². The first-order chi connectivity index (χ1) is 12.0. The van der Waals surface area contributed by atoms with E-state index in [0.29, 0.717) is 24.6 Å². The van der Waals surface area contributed by atoms with Gasteiger partial charge in [0.25, 0.3) is 0 Å². The van der Waals surface area contributed by atoms with Crippen LogP contribution in [0.3, 0.4) is 0 Å². The van der Waals surface area contributed by atoms with Crippen molar-refractivity contribution in [3.63, 3.8) is 0 Å². The summed E-state index contributed by atoms with van der Waals surface area (Å²) in [7, 11) is 0. The second kappa shape index (κ2) is 6.42. The molecule has 1 aromatic heterocycles. The molecule has 0 saturated heterocycles. The SMILES string of the molecule is Oc1c(/C=C2\C=Nc3ccccc32)sc(=S)n1-c1ccc(Cl)c(Cl)c1. The summed E-state index contributed by atoms with van der Waals surface area (Å²) in [5.74, 6) is 0.0682. The zero-order valence-corrected chi connectivity index (χ0v) is 15.8. The summed E-state index contributed by atoms with van der Waals surface area (Å²) in [6, 6.07) is 13.0. The topological polar surface area (TPSA) is 37.5 Å². The smallest absolute Gasteiger partial charge is 0.215 e. The van der Waals surface area contributed by atoms with E-state index < -0.39 is 0 Å². The summed E-state index contributed by atoms with van der Waals surface area (Å²) in [4.78, 5) is 5.04. The first-order valence-electron chi connectivity index (χ1n) is 7.30. The third-order valence-electron chi connectivity index (χ3n) is 3.82. The first kappa shape index (κ1) is 16.5. The minimum absolute atomic E-state index is 0.0682. The molecule has 2 aromatic carbocycles. The monoisotopic (exact) mass is 404 g/mol. The van der Waals surface area contributed by atoms with E-state index in [-0.39, 0.29) is 5.88 Å². The van der Waals surface area contributed by atoms with Crippen molar-refractivity contribution < 1.29 is 5.11 Å². The Morgan fingerprint density at radius 1 is 1.12 bits per heavy atom. The maximum Gasteiger partial charge on any atom is 0.215 e. The summed E-state index contributed by atoms with van der Waals surface area (Å²) < 4.78 is 2.10. The van der Waals surface area contributed by atoms with Crippen molar-refractivity contribution in [1.82, 2.24) is 4.57 Å². The predicted molar refractivity (Wildman–Crippen MR) is 109 cm³/mol. The van der Waals surface area contributed by atoms with Crippen LogP contribution in [0.2, 0.25) is 10.0 Å². The number of hydrogen-bond donors (Lipinski definition) is 1. The number of hydrogen-bond acceptors (Lipinski definition) is 4. The van der Waals surface area contributed by atoms with E-state index in [0.717, 1.165) is 16.8 Å². The molecule has 0 aliphatic carbocycles. The lowest BCUT2D eigenvalue weighted by Crippen LogP contribution is -1.93. The zero-order valence-electron chi connectivity index (χ0n) is 12.6. The van der Waals surface area contributed by atoms with Crippen LogP contribution in [0.4, 0.5) is 5.69 Å². The highest BCUT2D eigenvalue weighted by Crippen LogP contribution is 2.37. The number of aliphatic imine (C=N–C) groups is 1. The number of aromatic hydroxyl groups is 1. The fourth-order valence-corrected chi connectivity index (χ4v) is 4.22. The Labute approximate surface area is 163 Å². The highest BCUT2D eigenvalue weighted by atomic mass is 35.5. The van der Waals surface area contributed by atoms with Crippen LogP contribution < -0.4 is 0 Å². The fraction of sp³-hybridized carbons (Fsp3) is 0. The van der Waals surface area contributed by atoms with Crippen molar-refractivity contribution in [2.75, 3.05) is 0 Å². The van der Waals surface area contributed by atoms with Crippen molar-refractivity contribution in [2.45, 2.75) is 0 Å². The van der Waals surface area contributed by atoms with Gasteiger partial charge in [0.05, 0.1) is 26.3 Å². The predicted octanol–water partition coefficient (Wildman–Crippen LogP) is 6.54. The number of benzene rings is 2. The number of thiazole rings is 1. The van der Waals surface area contributed by atoms with Gasteiger partial charge in [-0.15, -0.1) is 11.3 Å². The number of nitrogens with zero attached hydrogens (tertiary/aromatic N) is 2. The third kappa shape index (κ3) is 2.93. The van der Waals surface area contributed by atoms with E-state index in [1.165, 1.54) is 11.3 Å². The molecular formula is C18H10Cl2N2OS2. The van der Waals surface area contributed by atoms with Gasteiger partial charge in [0.2, 0.25) is 5.88 Å². The molecular weight excluding hydrogens is 395 g/mol. The normalized spacial score (nSPS) is 14.2. The van der Waals surface area contributed by atoms with E-state index in [2.05, 4.69) is 4.99 Å². The molecule has 4 rings (SSSR count). The van der Waals surface area contributed by atoms with Crippen molar-refractivity contribution >= 4 is 70.3 Å². The van der Waals surface area contributed by atoms with Crippen molar-refractivity contribution in [2.24, 2.45) is 4.99 Å². The van der Waals surface area contributed by atoms with Crippen LogP contribution in [0, 0.1) is 3.95 Å². The molecule has 3 aromatic rings. The molecule has 0 radical (unpaired) electrons. The summed E-state index contributed by atoms with van der Waals surface area (Å²) in [5.41, 5.74) is 3.55. The van der Waals surface area contributed by atoms with E-state index >= 15 is 0 Å². The van der Waals surface area contributed by atoms with Gasteiger partial charge < -0.3 is 5.11 Å². The molecule has 124 valence electrons. The maximum atomic E-state index is 10.7. The number of para-hydroxylation sites is 1. The maximum absolute atomic E-state index is 10.7. The fourth-order valence-electron chi connectivity index (χ4n) is 2.62. The summed E-state index contributed by atoms with van der Waals surface area (Å²) in [5, 5.41) is 11.5. The van der Waals surface area contributed by atoms with Crippen LogP contribution in [0.25, 0.3) is 17.3 Å². The Morgan fingerprint density at radius 2 is 1.92 bits per heavy atom. The molecule has 2 heterocycles. The van der Waals surface area contributed by atoms with Crippen LogP contribution in [-0.2, 0) is 0 Å². The molecule has 25 heavy (non-hydrogen) atoms. The van der Waals surface area contributed by atoms with Gasteiger partial charge in [-0.2, -0.15) is 0 Å². The molecule has 1 aliphatic rings. The summed E-state index contributed by atoms with van der Waals surface area (Å²) in [6.45, 7) is 0. The Balaban J connectivity index is 1.82. The highest BCUT2D eigenvalue weighted by molar-refractivity contribution is 7.73. The molecule has 1 N–H and O–H groups in total. The Bertz CT molecular complexity index is 1110. The number of aromatic nitrogens is 1. The largest absolute Gasteiger partial charge is 0.493 e. The summed E-state index contributed by atoms with van der Waals surface area (Å²) >= 11 is 18.8. The molecule has 0 bridgehead atoms. The van der Waals surface area contributed by atoms with E-state index in [1.807, 2.05) is 30.3 Å². The Kier molecular flexibility index (Phi) is 4.25. The van der Waals surface area contributed by atoms with Crippen LogP contribution in [-0.4, -0.2) is 15.9 Å². The molecule has 0 atom stereocenters. The second-order valence-electron chi connectivity index (χ2n) is 5.36. The van der Waals surface area contributed by atoms with Gasteiger partial charge in [-0.1, -0.05) is 41.4 Å².